The van der Waals surface area contributed by atoms with Gasteiger partial charge in [-0.1, -0.05) is 145 Å². The summed E-state index contributed by atoms with van der Waals surface area (Å²) in [5.74, 6) is 2.42. The minimum absolute atomic E-state index is 0.412. The number of rotatable bonds is 15. The van der Waals surface area contributed by atoms with Crippen LogP contribution in [-0.2, 0) is 6.42 Å². The van der Waals surface area contributed by atoms with Crippen LogP contribution in [-0.4, -0.2) is 43.8 Å². The second kappa shape index (κ2) is 39.8. The Hall–Kier alpha value is -3.00. The van der Waals surface area contributed by atoms with Crippen molar-refractivity contribution in [3.8, 4) is 0 Å². The molecule has 0 saturated heterocycles. The highest BCUT2D eigenvalue weighted by molar-refractivity contribution is 7.84. The van der Waals surface area contributed by atoms with E-state index in [9.17, 15) is 0 Å². The third-order valence-corrected chi connectivity index (χ3v) is 8.98. The molecule has 0 fully saturated rings. The molecule has 2 rings (SSSR count). The number of aryl methyl sites for hydroxylation is 1. The summed E-state index contributed by atoms with van der Waals surface area (Å²) in [7, 11) is 2.08. The van der Waals surface area contributed by atoms with Crippen molar-refractivity contribution >= 4 is 18.3 Å². The second-order valence-electron chi connectivity index (χ2n) is 15.4. The number of nitrogens with one attached hydrogen (secondary N) is 1. The zero-order chi connectivity index (χ0) is 44.9. The van der Waals surface area contributed by atoms with E-state index in [1.165, 1.54) is 59.0 Å². The fraction of sp³-hybridized carbons (Fsp3) is 0.620. The molecule has 7 N–H and O–H groups in total. The molecular formula is C50H94N6S. The van der Waals surface area contributed by atoms with E-state index in [0.29, 0.717) is 17.8 Å². The summed E-state index contributed by atoms with van der Waals surface area (Å²) in [5.41, 5.74) is 26.6. The lowest BCUT2D eigenvalue weighted by molar-refractivity contribution is 0.435. The number of hydrogen-bond donors (Lipinski definition) is 5. The van der Waals surface area contributed by atoms with Gasteiger partial charge in [-0.2, -0.15) is 0 Å². The highest BCUT2D eigenvalue weighted by Gasteiger charge is 2.18. The summed E-state index contributed by atoms with van der Waals surface area (Å²) in [6.45, 7) is 40.2. The summed E-state index contributed by atoms with van der Waals surface area (Å²) in [6, 6.07) is 6.66. The molecule has 0 amide bonds. The van der Waals surface area contributed by atoms with E-state index in [1.54, 1.807) is 6.20 Å². The third kappa shape index (κ3) is 32.6. The first-order valence-corrected chi connectivity index (χ1v) is 22.4. The van der Waals surface area contributed by atoms with Crippen LogP contribution in [0.1, 0.15) is 159 Å². The largest absolute Gasteiger partial charge is 0.403 e. The summed E-state index contributed by atoms with van der Waals surface area (Å²) < 4.78 is 0. The van der Waals surface area contributed by atoms with Gasteiger partial charge in [-0.25, -0.2) is 0 Å². The van der Waals surface area contributed by atoms with E-state index in [-0.39, 0.29) is 0 Å². The monoisotopic (exact) mass is 811 g/mol. The van der Waals surface area contributed by atoms with E-state index >= 15 is 0 Å². The van der Waals surface area contributed by atoms with Crippen molar-refractivity contribution in [2.45, 2.75) is 156 Å². The summed E-state index contributed by atoms with van der Waals surface area (Å²) in [4.78, 5) is 7.46. The van der Waals surface area contributed by atoms with Crippen LogP contribution in [0.15, 0.2) is 93.4 Å². The number of nitrogens with zero attached hydrogens (tertiary/aromatic N) is 2. The van der Waals surface area contributed by atoms with Crippen LogP contribution in [0, 0.1) is 24.7 Å². The maximum absolute atomic E-state index is 6.14. The van der Waals surface area contributed by atoms with Gasteiger partial charge < -0.3 is 27.4 Å². The quantitative estimate of drug-likeness (QED) is 0.0689. The predicted octanol–water partition coefficient (Wildman–Crippen LogP) is 13.0. The molecule has 0 radical (unpaired) electrons. The SMILES string of the molecule is CC.CC(C)C1=CC(=N/C=C\N)CN1C.CC/C(N)=C(\C)C(C)c1c(C)cccc1CC(C)C.CCCC.CCN.C\C=C(/C=C\C=C(/C)S)CNCCC(C)C. The van der Waals surface area contributed by atoms with Gasteiger partial charge in [0.25, 0.3) is 0 Å². The normalized spacial score (nSPS) is 14.5. The Balaban J connectivity index is -0.000000337. The van der Waals surface area contributed by atoms with Crippen LogP contribution in [0.2, 0.25) is 0 Å². The zero-order valence-corrected chi connectivity index (χ0v) is 41.4. The number of benzene rings is 1. The smallest absolute Gasteiger partial charge is 0.0614 e. The number of hydrogen-bond acceptors (Lipinski definition) is 7. The molecule has 0 saturated carbocycles. The van der Waals surface area contributed by atoms with Crippen molar-refractivity contribution < 1.29 is 0 Å². The first-order valence-electron chi connectivity index (χ1n) is 21.9. The van der Waals surface area contributed by atoms with Crippen molar-refractivity contribution in [2.75, 3.05) is 33.2 Å². The average Bonchev–Trinajstić information content (AvgIpc) is 3.55. The van der Waals surface area contributed by atoms with Gasteiger partial charge in [0.2, 0.25) is 0 Å². The molecule has 1 aliphatic heterocycles. The Morgan fingerprint density at radius 1 is 0.982 bits per heavy atom. The third-order valence-electron chi connectivity index (χ3n) is 8.83. The van der Waals surface area contributed by atoms with Gasteiger partial charge in [0, 0.05) is 43.3 Å². The molecule has 1 heterocycles. The maximum Gasteiger partial charge on any atom is 0.0614 e. The van der Waals surface area contributed by atoms with Crippen molar-refractivity contribution in [1.29, 1.82) is 0 Å². The minimum Gasteiger partial charge on any atom is -0.403 e. The van der Waals surface area contributed by atoms with E-state index in [4.69, 9.17) is 17.2 Å². The molecular weight excluding hydrogens is 717 g/mol. The van der Waals surface area contributed by atoms with Gasteiger partial charge in [-0.15, -0.1) is 12.6 Å². The minimum atomic E-state index is 0.412. The number of nitrogens with two attached hydrogens (primary N) is 3. The van der Waals surface area contributed by atoms with E-state index in [2.05, 4.69) is 161 Å². The fourth-order valence-corrected chi connectivity index (χ4v) is 5.52. The number of allylic oxidation sites excluding steroid dienone is 7. The van der Waals surface area contributed by atoms with Gasteiger partial charge in [0.1, 0.15) is 0 Å². The first kappa shape index (κ1) is 60.7. The Morgan fingerprint density at radius 3 is 1.98 bits per heavy atom. The lowest BCUT2D eigenvalue weighted by Crippen LogP contribution is -2.19. The number of thiol groups is 1. The molecule has 1 unspecified atom stereocenters. The Morgan fingerprint density at radius 2 is 1.56 bits per heavy atom. The van der Waals surface area contributed by atoms with Gasteiger partial charge in [0.15, 0.2) is 0 Å². The van der Waals surface area contributed by atoms with E-state index in [1.807, 2.05) is 39.8 Å². The van der Waals surface area contributed by atoms with Crippen LogP contribution in [0.5, 0.6) is 0 Å². The lowest BCUT2D eigenvalue weighted by Gasteiger charge is -2.22. The predicted molar refractivity (Wildman–Crippen MR) is 266 cm³/mol. The summed E-state index contributed by atoms with van der Waals surface area (Å²) >= 11 is 4.21. The van der Waals surface area contributed by atoms with Crippen LogP contribution >= 0.6 is 12.6 Å². The summed E-state index contributed by atoms with van der Waals surface area (Å²) in [6.07, 6.45) is 19.5. The molecule has 0 bridgehead atoms. The van der Waals surface area contributed by atoms with E-state index in [0.717, 1.165) is 61.3 Å². The van der Waals surface area contributed by atoms with Crippen molar-refractivity contribution in [2.24, 2.45) is 39.9 Å². The van der Waals surface area contributed by atoms with Gasteiger partial charge in [-0.3, -0.25) is 4.99 Å². The molecule has 0 spiro atoms. The second-order valence-corrected chi connectivity index (χ2v) is 16.1. The molecule has 0 aromatic heterocycles. The van der Waals surface area contributed by atoms with Crippen LogP contribution < -0.4 is 22.5 Å². The van der Waals surface area contributed by atoms with Crippen LogP contribution in [0.3, 0.4) is 0 Å². The molecule has 1 aromatic rings. The van der Waals surface area contributed by atoms with Gasteiger partial charge in [0.05, 0.1) is 12.3 Å². The Labute approximate surface area is 361 Å². The molecule has 1 aliphatic rings. The van der Waals surface area contributed by atoms with Crippen molar-refractivity contribution in [3.63, 3.8) is 0 Å². The maximum atomic E-state index is 6.14. The Bertz CT molecular complexity index is 1340. The van der Waals surface area contributed by atoms with Crippen molar-refractivity contribution in [1.82, 2.24) is 10.2 Å². The van der Waals surface area contributed by atoms with Crippen LogP contribution in [0.25, 0.3) is 0 Å². The molecule has 57 heavy (non-hydrogen) atoms. The van der Waals surface area contributed by atoms with Crippen LogP contribution in [0.4, 0.5) is 0 Å². The average molecular weight is 811 g/mol. The lowest BCUT2D eigenvalue weighted by atomic mass is 9.83. The van der Waals surface area contributed by atoms with E-state index < -0.39 is 0 Å². The van der Waals surface area contributed by atoms with Gasteiger partial charge >= 0.3 is 0 Å². The highest BCUT2D eigenvalue weighted by atomic mass is 32.1. The molecule has 1 aromatic carbocycles. The fourth-order valence-electron chi connectivity index (χ4n) is 5.43. The molecule has 0 aliphatic carbocycles. The molecule has 6 nitrogen and oxygen atoms in total. The number of aliphatic imine (C=N–C) groups is 1. The van der Waals surface area contributed by atoms with Gasteiger partial charge in [-0.05, 0) is 117 Å². The summed E-state index contributed by atoms with van der Waals surface area (Å²) in [5, 5.41) is 3.45. The molecule has 330 valence electrons. The Kier molecular flexibility index (Phi) is 42.4. The topological polar surface area (TPSA) is 106 Å². The first-order chi connectivity index (χ1) is 26.9. The zero-order valence-electron chi connectivity index (χ0n) is 40.5. The van der Waals surface area contributed by atoms with Crippen molar-refractivity contribution in [3.05, 3.63) is 105 Å². The molecule has 1 atom stereocenters. The molecule has 7 heteroatoms. The standard InChI is InChI=1S/C18H29N.C14H25NS.C10H17N3.C4H10.C2H7N.C2H6/c1-7-17(19)14(5)15(6)18-13(4)9-8-10-16(18)11-12(2)3;1-5-14(8-6-7-13(4)16)11-15-10-9-12(2)3;1-8(2)10-6-9(7-13(10)3)12-5-4-11;1-3-4-2;1-2-3;1-2/h8-10,12,15H,7,11,19H2,1-6H3;5-8,12,15-16H,9-11H2,1-4H3;4-6,8H,7,11H2,1-3H3;3-4H2,1-2H3;2-3H2,1H3;1-2H3/b17-14-;8-6-,13-7+,14-5+;5-4-,12-9?;;;. The highest BCUT2D eigenvalue weighted by Crippen LogP contribution is 2.32. The number of unbranched alkanes of at least 4 members (excludes halogenated alkanes) is 1.